The van der Waals surface area contributed by atoms with Gasteiger partial charge in [0.1, 0.15) is 17.4 Å². The highest BCUT2D eigenvalue weighted by Gasteiger charge is 2.67. The van der Waals surface area contributed by atoms with Crippen molar-refractivity contribution < 1.29 is 34.8 Å². The number of aromatic hydroxyl groups is 1. The Morgan fingerprint density at radius 3 is 2.13 bits per heavy atom. The lowest BCUT2D eigenvalue weighted by atomic mass is 9.54. The van der Waals surface area contributed by atoms with Crippen molar-refractivity contribution in [1.82, 2.24) is 9.80 Å². The number of amides is 1. The van der Waals surface area contributed by atoms with Crippen LogP contribution in [0.2, 0.25) is 0 Å². The number of anilines is 1. The SMILES string of the molecule is CCCCCN(CCCCC)Cc1cc(N(C)C)c2c(c1O)C(O)=C1C(=O)[C@@]3(O)C(=O)C(C(N)=O)C(O)[C@H](N(C)C)[C@H]3C[C@H]1C2. The van der Waals surface area contributed by atoms with Crippen LogP contribution in [-0.2, 0) is 27.3 Å². The van der Waals surface area contributed by atoms with Crippen molar-refractivity contribution in [1.29, 1.82) is 0 Å². The second-order valence-corrected chi connectivity index (χ2v) is 13.6. The van der Waals surface area contributed by atoms with Crippen molar-refractivity contribution in [3.63, 3.8) is 0 Å². The molecular weight excluding hydrogens is 576 g/mol. The van der Waals surface area contributed by atoms with E-state index in [0.29, 0.717) is 17.7 Å². The summed E-state index contributed by atoms with van der Waals surface area (Å²) in [5, 5.41) is 46.5. The van der Waals surface area contributed by atoms with Gasteiger partial charge < -0.3 is 36.0 Å². The number of carbonyl (C=O) groups is 3. The summed E-state index contributed by atoms with van der Waals surface area (Å²) in [5.41, 5.74) is 4.93. The molecule has 2 saturated carbocycles. The highest BCUT2D eigenvalue weighted by Crippen LogP contribution is 2.53. The van der Waals surface area contributed by atoms with E-state index in [1.165, 1.54) is 0 Å². The van der Waals surface area contributed by atoms with Gasteiger partial charge in [0.2, 0.25) is 11.7 Å². The van der Waals surface area contributed by atoms with Crippen molar-refractivity contribution in [3.8, 4) is 5.75 Å². The Morgan fingerprint density at radius 2 is 1.62 bits per heavy atom. The first kappa shape index (κ1) is 34.9. The molecule has 6 N–H and O–H groups in total. The van der Waals surface area contributed by atoms with Crippen LogP contribution in [0.15, 0.2) is 11.6 Å². The number of fused-ring (bicyclic) bond motifs is 3. The Bertz CT molecular complexity index is 1330. The molecule has 4 rings (SSSR count). The molecule has 2 unspecified atom stereocenters. The topological polar surface area (TPSA) is 168 Å². The van der Waals surface area contributed by atoms with Crippen LogP contribution in [0.1, 0.15) is 75.5 Å². The number of phenols is 1. The molecule has 11 heteroatoms. The minimum atomic E-state index is -2.67. The molecule has 6 atom stereocenters. The van der Waals surface area contributed by atoms with Gasteiger partial charge in [-0.15, -0.1) is 0 Å². The molecule has 0 spiro atoms. The predicted molar refractivity (Wildman–Crippen MR) is 173 cm³/mol. The third kappa shape index (κ3) is 6.12. The van der Waals surface area contributed by atoms with Gasteiger partial charge in [0.15, 0.2) is 11.4 Å². The van der Waals surface area contributed by atoms with Crippen LogP contribution in [0.3, 0.4) is 0 Å². The number of primary amides is 1. The van der Waals surface area contributed by atoms with Gasteiger partial charge in [-0.1, -0.05) is 39.5 Å². The minimum Gasteiger partial charge on any atom is -0.507 e. The zero-order valence-electron chi connectivity index (χ0n) is 27.7. The molecule has 1 aromatic carbocycles. The number of carbonyl (C=O) groups excluding carboxylic acids is 3. The zero-order chi connectivity index (χ0) is 33.4. The molecule has 1 amide bonds. The molecule has 0 heterocycles. The van der Waals surface area contributed by atoms with E-state index < -0.39 is 58.7 Å². The number of nitrogens with two attached hydrogens (primary N) is 1. The minimum absolute atomic E-state index is 0.0935. The van der Waals surface area contributed by atoms with Crippen LogP contribution in [0.5, 0.6) is 5.75 Å². The highest BCUT2D eigenvalue weighted by molar-refractivity contribution is 6.25. The van der Waals surface area contributed by atoms with E-state index in [1.54, 1.807) is 19.0 Å². The Morgan fingerprint density at radius 1 is 1.02 bits per heavy atom. The quantitative estimate of drug-likeness (QED) is 0.162. The number of hydrogen-bond donors (Lipinski definition) is 5. The van der Waals surface area contributed by atoms with Crippen molar-refractivity contribution in [2.24, 2.45) is 23.5 Å². The molecule has 0 saturated heterocycles. The van der Waals surface area contributed by atoms with Crippen molar-refractivity contribution >= 4 is 28.9 Å². The Labute approximate surface area is 266 Å². The summed E-state index contributed by atoms with van der Waals surface area (Å²) < 4.78 is 0. The fraction of sp³-hybridized carbons (Fsp3) is 0.676. The number of Topliss-reactive ketones (excluding diaryl/α,β-unsaturated/α-hetero) is 2. The Hall–Kier alpha value is -2.99. The molecule has 0 aliphatic heterocycles. The number of rotatable bonds is 13. The molecule has 0 bridgehead atoms. The fourth-order valence-corrected chi connectivity index (χ4v) is 7.91. The Balaban J connectivity index is 1.83. The number of nitrogens with zero attached hydrogens (tertiary/aromatic N) is 3. The first-order chi connectivity index (χ1) is 21.2. The van der Waals surface area contributed by atoms with E-state index >= 15 is 0 Å². The smallest absolute Gasteiger partial charge is 0.230 e. The first-order valence-corrected chi connectivity index (χ1v) is 16.4. The van der Waals surface area contributed by atoms with Gasteiger partial charge in [0.25, 0.3) is 0 Å². The van der Waals surface area contributed by atoms with Gasteiger partial charge in [-0.05, 0) is 70.4 Å². The molecule has 11 nitrogen and oxygen atoms in total. The van der Waals surface area contributed by atoms with Gasteiger partial charge in [-0.2, -0.15) is 0 Å². The van der Waals surface area contributed by atoms with Gasteiger partial charge >= 0.3 is 0 Å². The molecule has 250 valence electrons. The van der Waals surface area contributed by atoms with Crippen molar-refractivity contribution in [3.05, 3.63) is 28.3 Å². The summed E-state index contributed by atoms with van der Waals surface area (Å²) >= 11 is 0. The lowest BCUT2D eigenvalue weighted by Gasteiger charge is -2.53. The summed E-state index contributed by atoms with van der Waals surface area (Å²) in [6.45, 7) is 6.52. The summed E-state index contributed by atoms with van der Waals surface area (Å²) in [4.78, 5) is 46.0. The lowest BCUT2D eigenvalue weighted by Crippen LogP contribution is -2.73. The molecule has 1 aromatic rings. The van der Waals surface area contributed by atoms with E-state index in [0.717, 1.165) is 57.3 Å². The first-order valence-electron chi connectivity index (χ1n) is 16.4. The lowest BCUT2D eigenvalue weighted by molar-refractivity contribution is -0.184. The van der Waals surface area contributed by atoms with Crippen molar-refractivity contribution in [2.45, 2.75) is 89.5 Å². The number of likely N-dealkylation sites (N-methyl/N-ethyl adjacent to an activating group) is 1. The molecular formula is C34H52N4O7. The molecule has 45 heavy (non-hydrogen) atoms. The van der Waals surface area contributed by atoms with Crippen LogP contribution in [0, 0.1) is 17.8 Å². The normalized spacial score (nSPS) is 27.9. The maximum atomic E-state index is 14.2. The third-order valence-electron chi connectivity index (χ3n) is 10.2. The van der Waals surface area contributed by atoms with Crippen LogP contribution < -0.4 is 10.6 Å². The van der Waals surface area contributed by atoms with Crippen LogP contribution in [-0.4, -0.2) is 107 Å². The average molecular weight is 629 g/mol. The van der Waals surface area contributed by atoms with Gasteiger partial charge in [-0.25, -0.2) is 0 Å². The predicted octanol–water partition coefficient (Wildman–Crippen LogP) is 2.38. The number of aliphatic hydroxyl groups is 3. The summed E-state index contributed by atoms with van der Waals surface area (Å²) in [6.07, 6.45) is 5.31. The maximum absolute atomic E-state index is 14.2. The third-order valence-corrected chi connectivity index (χ3v) is 10.2. The van der Waals surface area contributed by atoms with Gasteiger partial charge in [0.05, 0.1) is 11.7 Å². The summed E-state index contributed by atoms with van der Waals surface area (Å²) in [6, 6.07) is 1.03. The number of phenolic OH excluding ortho intramolecular Hbond substituents is 1. The number of unbranched alkanes of at least 4 members (excludes halogenated alkanes) is 4. The van der Waals surface area contributed by atoms with E-state index in [4.69, 9.17) is 5.73 Å². The van der Waals surface area contributed by atoms with Crippen LogP contribution in [0.25, 0.3) is 5.76 Å². The maximum Gasteiger partial charge on any atom is 0.230 e. The monoisotopic (exact) mass is 628 g/mol. The highest BCUT2D eigenvalue weighted by atomic mass is 16.3. The molecule has 3 aliphatic carbocycles. The molecule has 2 fully saturated rings. The van der Waals surface area contributed by atoms with E-state index in [9.17, 15) is 34.8 Å². The number of ketones is 2. The molecule has 0 radical (unpaired) electrons. The average Bonchev–Trinajstić information content (AvgIpc) is 2.95. The molecule has 0 aromatic heterocycles. The van der Waals surface area contributed by atoms with Gasteiger partial charge in [0, 0.05) is 49.4 Å². The van der Waals surface area contributed by atoms with Crippen molar-refractivity contribution in [2.75, 3.05) is 46.2 Å². The summed E-state index contributed by atoms with van der Waals surface area (Å²) in [5.74, 6) is -7.29. The second-order valence-electron chi connectivity index (χ2n) is 13.6. The summed E-state index contributed by atoms with van der Waals surface area (Å²) in [7, 11) is 7.06. The number of benzene rings is 1. The van der Waals surface area contributed by atoms with Crippen LogP contribution >= 0.6 is 0 Å². The van der Waals surface area contributed by atoms with E-state index in [1.807, 2.05) is 25.1 Å². The largest absolute Gasteiger partial charge is 0.507 e. The van der Waals surface area contributed by atoms with E-state index in [-0.39, 0.29) is 29.7 Å². The zero-order valence-corrected chi connectivity index (χ0v) is 27.7. The Kier molecular flexibility index (Phi) is 10.7. The number of hydrogen-bond acceptors (Lipinski definition) is 10. The van der Waals surface area contributed by atoms with E-state index in [2.05, 4.69) is 18.7 Å². The van der Waals surface area contributed by atoms with Crippen LogP contribution in [0.4, 0.5) is 5.69 Å². The number of aliphatic hydroxyl groups excluding tert-OH is 2. The fourth-order valence-electron chi connectivity index (χ4n) is 7.91. The molecule has 3 aliphatic rings. The standard InChI is InChI=1S/C34H52N4O7/c1-7-9-11-13-38(14-12-10-8-2)18-20-17-23(36(3)4)21-15-19-16-22-27(37(5)6)30(41)26(33(35)44)32(43)34(22,45)31(42)24(19)29(40)25(21)28(20)39/h17,19,22,26-27,30,39-41,45H,7-16,18H2,1-6H3,(H2,35,44)/t19-,22-,26?,27-,30?,34-/m1/s1. The van der Waals surface area contributed by atoms with Gasteiger partial charge in [-0.3, -0.25) is 19.3 Å². The second kappa shape index (κ2) is 13.8.